The molecule has 5 nitrogen and oxygen atoms in total. The second-order valence-corrected chi connectivity index (χ2v) is 2.90. The second-order valence-electron chi connectivity index (χ2n) is 2.90. The summed E-state index contributed by atoms with van der Waals surface area (Å²) >= 11 is 0. The van der Waals surface area contributed by atoms with Gasteiger partial charge in [-0.25, -0.2) is 0 Å². The number of nitrogens with two attached hydrogens (primary N) is 2. The first-order chi connectivity index (χ1) is 5.63. The van der Waals surface area contributed by atoms with Gasteiger partial charge in [0.2, 0.25) is 5.91 Å². The molecular formula is C7H14N4O. The van der Waals surface area contributed by atoms with Crippen LogP contribution >= 0.6 is 0 Å². The predicted molar refractivity (Wildman–Crippen MR) is 46.7 cm³/mol. The first-order valence-electron chi connectivity index (χ1n) is 3.93. The molecule has 4 N–H and O–H groups in total. The standard InChI is InChI=1S/C7H14N4O/c1-11-4-2-3-10-6(9)5(8)7(11)12/h5H,2-4,8H2,1H3,(H2,9,10). The summed E-state index contributed by atoms with van der Waals surface area (Å²) in [5, 5.41) is 0. The van der Waals surface area contributed by atoms with Crippen molar-refractivity contribution in [2.45, 2.75) is 12.5 Å². The maximum Gasteiger partial charge on any atom is 0.247 e. The van der Waals surface area contributed by atoms with Crippen molar-refractivity contribution in [1.82, 2.24) is 4.90 Å². The third kappa shape index (κ3) is 1.73. The Kier molecular flexibility index (Phi) is 2.65. The summed E-state index contributed by atoms with van der Waals surface area (Å²) in [4.78, 5) is 16.9. The average Bonchev–Trinajstić information content (AvgIpc) is 2.07. The van der Waals surface area contributed by atoms with Crippen molar-refractivity contribution in [2.24, 2.45) is 16.5 Å². The first kappa shape index (κ1) is 8.99. The topological polar surface area (TPSA) is 84.7 Å². The van der Waals surface area contributed by atoms with E-state index in [2.05, 4.69) is 4.99 Å². The van der Waals surface area contributed by atoms with Crippen molar-refractivity contribution in [1.29, 1.82) is 0 Å². The lowest BCUT2D eigenvalue weighted by atomic mass is 10.2. The molecule has 0 radical (unpaired) electrons. The molecule has 1 atom stereocenters. The molecule has 0 aromatic rings. The van der Waals surface area contributed by atoms with Gasteiger partial charge in [0.25, 0.3) is 0 Å². The highest BCUT2D eigenvalue weighted by molar-refractivity contribution is 6.06. The van der Waals surface area contributed by atoms with Gasteiger partial charge >= 0.3 is 0 Å². The lowest BCUT2D eigenvalue weighted by Crippen LogP contribution is -2.51. The van der Waals surface area contributed by atoms with Crippen LogP contribution in [0, 0.1) is 0 Å². The molecule has 0 aromatic carbocycles. The van der Waals surface area contributed by atoms with Crippen molar-refractivity contribution in [3.8, 4) is 0 Å². The maximum atomic E-state index is 11.3. The Morgan fingerprint density at radius 1 is 1.67 bits per heavy atom. The SMILES string of the molecule is CN1CCCN=C(N)C(N)C1=O. The van der Waals surface area contributed by atoms with Crippen LogP contribution in [-0.4, -0.2) is 42.8 Å². The Morgan fingerprint density at radius 3 is 3.00 bits per heavy atom. The molecule has 0 saturated carbocycles. The van der Waals surface area contributed by atoms with Crippen molar-refractivity contribution in [3.63, 3.8) is 0 Å². The van der Waals surface area contributed by atoms with Gasteiger partial charge in [0.05, 0.1) is 0 Å². The molecular weight excluding hydrogens is 156 g/mol. The summed E-state index contributed by atoms with van der Waals surface area (Å²) in [6, 6.07) is -0.754. The fourth-order valence-electron chi connectivity index (χ4n) is 1.09. The fourth-order valence-corrected chi connectivity index (χ4v) is 1.09. The number of hydrogen-bond acceptors (Lipinski definition) is 4. The smallest absolute Gasteiger partial charge is 0.247 e. The van der Waals surface area contributed by atoms with Crippen LogP contribution < -0.4 is 11.5 Å². The molecule has 1 aliphatic rings. The van der Waals surface area contributed by atoms with Crippen LogP contribution in [0.3, 0.4) is 0 Å². The van der Waals surface area contributed by atoms with Crippen molar-refractivity contribution in [3.05, 3.63) is 0 Å². The summed E-state index contributed by atoms with van der Waals surface area (Å²) in [6.45, 7) is 1.35. The Bertz CT molecular complexity index is 213. The fraction of sp³-hybridized carbons (Fsp3) is 0.714. The molecule has 1 unspecified atom stereocenters. The second kappa shape index (κ2) is 3.53. The van der Waals surface area contributed by atoms with Gasteiger partial charge in [-0.3, -0.25) is 9.79 Å². The van der Waals surface area contributed by atoms with E-state index in [1.807, 2.05) is 0 Å². The van der Waals surface area contributed by atoms with Gasteiger partial charge in [-0.1, -0.05) is 0 Å². The molecule has 0 aliphatic carbocycles. The zero-order chi connectivity index (χ0) is 9.14. The first-order valence-corrected chi connectivity index (χ1v) is 3.93. The van der Waals surface area contributed by atoms with Crippen molar-refractivity contribution < 1.29 is 4.79 Å². The van der Waals surface area contributed by atoms with Crippen LogP contribution in [0.4, 0.5) is 0 Å². The molecule has 1 aliphatic heterocycles. The minimum atomic E-state index is -0.754. The van der Waals surface area contributed by atoms with E-state index in [1.54, 1.807) is 11.9 Å². The predicted octanol–water partition coefficient (Wildman–Crippen LogP) is -1.47. The quantitative estimate of drug-likeness (QED) is 0.465. The van der Waals surface area contributed by atoms with Crippen LogP contribution in [-0.2, 0) is 4.79 Å². The monoisotopic (exact) mass is 170 g/mol. The van der Waals surface area contributed by atoms with Gasteiger partial charge in [0.15, 0.2) is 0 Å². The largest absolute Gasteiger partial charge is 0.386 e. The van der Waals surface area contributed by atoms with E-state index in [-0.39, 0.29) is 11.7 Å². The van der Waals surface area contributed by atoms with Gasteiger partial charge < -0.3 is 16.4 Å². The lowest BCUT2D eigenvalue weighted by molar-refractivity contribution is -0.129. The van der Waals surface area contributed by atoms with Gasteiger partial charge in [-0.15, -0.1) is 0 Å². The highest BCUT2D eigenvalue weighted by Gasteiger charge is 2.22. The summed E-state index contributed by atoms with van der Waals surface area (Å²) in [6.07, 6.45) is 0.843. The van der Waals surface area contributed by atoms with E-state index >= 15 is 0 Å². The zero-order valence-corrected chi connectivity index (χ0v) is 7.16. The number of rotatable bonds is 0. The maximum absolute atomic E-state index is 11.3. The Hall–Kier alpha value is -1.10. The third-order valence-electron chi connectivity index (χ3n) is 1.91. The van der Waals surface area contributed by atoms with E-state index in [0.717, 1.165) is 6.42 Å². The molecule has 0 spiro atoms. The van der Waals surface area contributed by atoms with Gasteiger partial charge in [0.1, 0.15) is 11.9 Å². The Balaban J connectivity index is 2.78. The molecule has 0 fully saturated rings. The summed E-state index contributed by atoms with van der Waals surface area (Å²) in [7, 11) is 1.72. The number of amides is 1. The summed E-state index contributed by atoms with van der Waals surface area (Å²) in [5.74, 6) is 0.0856. The van der Waals surface area contributed by atoms with E-state index in [0.29, 0.717) is 13.1 Å². The molecule has 0 aromatic heterocycles. The van der Waals surface area contributed by atoms with E-state index in [4.69, 9.17) is 11.5 Å². The van der Waals surface area contributed by atoms with E-state index in [9.17, 15) is 4.79 Å². The number of aliphatic imine (C=N–C) groups is 1. The van der Waals surface area contributed by atoms with Crippen molar-refractivity contribution >= 4 is 11.7 Å². The Morgan fingerprint density at radius 2 is 2.33 bits per heavy atom. The number of carbonyl (C=O) groups is 1. The van der Waals surface area contributed by atoms with Gasteiger partial charge in [0, 0.05) is 20.1 Å². The summed E-state index contributed by atoms with van der Waals surface area (Å²) in [5.41, 5.74) is 11.0. The minimum absolute atomic E-state index is 0.157. The molecule has 0 bridgehead atoms. The number of likely N-dealkylation sites (N-methyl/N-ethyl adjacent to an activating group) is 1. The number of hydrogen-bond donors (Lipinski definition) is 2. The van der Waals surface area contributed by atoms with Crippen molar-refractivity contribution in [2.75, 3.05) is 20.1 Å². The third-order valence-corrected chi connectivity index (χ3v) is 1.91. The molecule has 1 amide bonds. The summed E-state index contributed by atoms with van der Waals surface area (Å²) < 4.78 is 0. The molecule has 5 heteroatoms. The highest BCUT2D eigenvalue weighted by atomic mass is 16.2. The lowest BCUT2D eigenvalue weighted by Gasteiger charge is -2.22. The van der Waals surface area contributed by atoms with Gasteiger partial charge in [-0.2, -0.15) is 0 Å². The number of nitrogens with zero attached hydrogens (tertiary/aromatic N) is 2. The van der Waals surface area contributed by atoms with Crippen LogP contribution in [0.15, 0.2) is 4.99 Å². The number of carbonyl (C=O) groups excluding carboxylic acids is 1. The Labute approximate surface area is 71.4 Å². The van der Waals surface area contributed by atoms with E-state index in [1.165, 1.54) is 0 Å². The van der Waals surface area contributed by atoms with Crippen LogP contribution in [0.2, 0.25) is 0 Å². The molecule has 12 heavy (non-hydrogen) atoms. The number of amidine groups is 1. The molecule has 0 saturated heterocycles. The molecule has 68 valence electrons. The van der Waals surface area contributed by atoms with E-state index < -0.39 is 6.04 Å². The normalized spacial score (nSPS) is 26.2. The molecule has 1 heterocycles. The van der Waals surface area contributed by atoms with Crippen LogP contribution in [0.5, 0.6) is 0 Å². The average molecular weight is 170 g/mol. The minimum Gasteiger partial charge on any atom is -0.386 e. The molecule has 1 rings (SSSR count). The zero-order valence-electron chi connectivity index (χ0n) is 7.16. The van der Waals surface area contributed by atoms with Crippen LogP contribution in [0.1, 0.15) is 6.42 Å². The highest BCUT2D eigenvalue weighted by Crippen LogP contribution is 1.97. The van der Waals surface area contributed by atoms with Crippen LogP contribution in [0.25, 0.3) is 0 Å². The van der Waals surface area contributed by atoms with Gasteiger partial charge in [-0.05, 0) is 6.42 Å².